The van der Waals surface area contributed by atoms with Crippen molar-refractivity contribution in [2.24, 2.45) is 7.05 Å². The standard InChI is InChI=1S/C22H27N7O2S.C20H23N7O2S2.2CO2/c1-6-17-13(3)25-22(32-17)28-21-26-19(18-20(27-21)24-12-29(18)7-2)23-11-14-8-9-15(30-4)16(10-14)31-5;1-5-15-12(2)23-20(30-15)26-19-24-17(16-18(25-19)22-11-27(16)3)21-10-13-6-8-14(9-7-13)31(4,28)29;2*2-1-3/h8-10,12H,6-7,11H2,1-5H3,(H2,23,25,26,27,28);6-9,11H,5,10H2,1-4H3,(H2,21,23,24,25,26);;. The molecule has 0 saturated heterocycles. The van der Waals surface area contributed by atoms with Crippen molar-refractivity contribution in [2.45, 2.75) is 72.0 Å². The second-order valence-electron chi connectivity index (χ2n) is 14.5. The van der Waals surface area contributed by atoms with Crippen molar-refractivity contribution in [3.8, 4) is 11.5 Å². The topological polar surface area (TPSA) is 282 Å². The van der Waals surface area contributed by atoms with Crippen molar-refractivity contribution in [1.82, 2.24) is 49.0 Å². The minimum absolute atomic E-state index is 0.250. The van der Waals surface area contributed by atoms with Gasteiger partial charge in [0.2, 0.25) is 11.9 Å². The van der Waals surface area contributed by atoms with Gasteiger partial charge in [-0.15, -0.1) is 22.7 Å². The Morgan fingerprint density at radius 3 is 1.61 bits per heavy atom. The molecule has 0 radical (unpaired) electrons. The molecule has 6 aromatic heterocycles. The maximum atomic E-state index is 11.7. The molecule has 22 nitrogen and oxygen atoms in total. The number of methoxy groups -OCH3 is 2. The summed E-state index contributed by atoms with van der Waals surface area (Å²) in [5, 5.41) is 14.7. The van der Waals surface area contributed by atoms with Gasteiger partial charge in [0.25, 0.3) is 0 Å². The predicted octanol–water partition coefficient (Wildman–Crippen LogP) is 6.83. The molecule has 4 N–H and O–H groups in total. The molecule has 362 valence electrons. The highest BCUT2D eigenvalue weighted by Crippen LogP contribution is 2.31. The number of benzene rings is 2. The lowest BCUT2D eigenvalue weighted by atomic mass is 10.2. The van der Waals surface area contributed by atoms with Crippen LogP contribution in [0.4, 0.5) is 33.8 Å². The fourth-order valence-electron chi connectivity index (χ4n) is 6.66. The molecule has 0 aliphatic heterocycles. The Labute approximate surface area is 405 Å². The third-order valence-corrected chi connectivity index (χ3v) is 13.5. The molecule has 6 heterocycles. The van der Waals surface area contributed by atoms with E-state index >= 15 is 0 Å². The molecule has 69 heavy (non-hydrogen) atoms. The van der Waals surface area contributed by atoms with Crippen molar-refractivity contribution in [3.05, 3.63) is 87.4 Å². The number of sulfone groups is 1. The lowest BCUT2D eigenvalue weighted by molar-refractivity contribution is -0.193. The third kappa shape index (κ3) is 13.5. The lowest BCUT2D eigenvalue weighted by Crippen LogP contribution is -2.08. The van der Waals surface area contributed by atoms with Crippen LogP contribution >= 0.6 is 22.7 Å². The van der Waals surface area contributed by atoms with Crippen molar-refractivity contribution < 1.29 is 37.1 Å². The average Bonchev–Trinajstić information content (AvgIpc) is 4.12. The minimum Gasteiger partial charge on any atom is -0.493 e. The summed E-state index contributed by atoms with van der Waals surface area (Å²) in [4.78, 5) is 71.7. The molecule has 25 heteroatoms. The van der Waals surface area contributed by atoms with Crippen LogP contribution in [0.5, 0.6) is 11.5 Å². The number of nitrogens with one attached hydrogen (secondary N) is 4. The van der Waals surface area contributed by atoms with Crippen LogP contribution in [0.1, 0.15) is 53.0 Å². The minimum atomic E-state index is -3.22. The van der Waals surface area contributed by atoms with Gasteiger partial charge in [-0.05, 0) is 69.0 Å². The first-order valence-electron chi connectivity index (χ1n) is 21.0. The maximum Gasteiger partial charge on any atom is 0.373 e. The van der Waals surface area contributed by atoms with Gasteiger partial charge in [-0.1, -0.05) is 32.0 Å². The van der Waals surface area contributed by atoms with E-state index in [9.17, 15) is 8.42 Å². The number of rotatable bonds is 16. The first-order chi connectivity index (χ1) is 33.1. The second-order valence-corrected chi connectivity index (χ2v) is 18.7. The number of fused-ring (bicyclic) bond motifs is 2. The van der Waals surface area contributed by atoms with Crippen LogP contribution in [0.15, 0.2) is 60.0 Å². The fourth-order valence-corrected chi connectivity index (χ4v) is 9.08. The number of nitrogens with zero attached hydrogens (tertiary/aromatic N) is 10. The number of carbonyl (C=O) groups excluding carboxylic acids is 4. The summed E-state index contributed by atoms with van der Waals surface area (Å²) in [5.74, 6) is 3.59. The molecule has 0 bridgehead atoms. The van der Waals surface area contributed by atoms with E-state index in [1.165, 1.54) is 16.0 Å². The van der Waals surface area contributed by atoms with Gasteiger partial charge in [0.1, 0.15) is 11.0 Å². The monoisotopic (exact) mass is 998 g/mol. The van der Waals surface area contributed by atoms with E-state index in [4.69, 9.17) is 33.6 Å². The third-order valence-electron chi connectivity index (χ3n) is 9.97. The first-order valence-corrected chi connectivity index (χ1v) is 24.5. The summed E-state index contributed by atoms with van der Waals surface area (Å²) < 4.78 is 37.9. The molecule has 0 amide bonds. The Kier molecular flexibility index (Phi) is 18.5. The van der Waals surface area contributed by atoms with Crippen LogP contribution in [-0.2, 0) is 68.5 Å². The van der Waals surface area contributed by atoms with E-state index < -0.39 is 9.84 Å². The number of thiazole rings is 2. The maximum absolute atomic E-state index is 11.7. The van der Waals surface area contributed by atoms with Crippen molar-refractivity contribution in [1.29, 1.82) is 0 Å². The van der Waals surface area contributed by atoms with Gasteiger partial charge in [-0.25, -0.2) is 28.4 Å². The number of anilines is 6. The highest BCUT2D eigenvalue weighted by atomic mass is 32.2. The van der Waals surface area contributed by atoms with Crippen LogP contribution in [0, 0.1) is 13.8 Å². The van der Waals surface area contributed by atoms with Crippen LogP contribution in [0.3, 0.4) is 0 Å². The normalized spacial score (nSPS) is 10.6. The average molecular weight is 999 g/mol. The van der Waals surface area contributed by atoms with Gasteiger partial charge >= 0.3 is 12.3 Å². The van der Waals surface area contributed by atoms with E-state index in [1.807, 2.05) is 48.2 Å². The summed E-state index contributed by atoms with van der Waals surface area (Å²) in [6, 6.07) is 12.6. The van der Waals surface area contributed by atoms with Gasteiger partial charge in [0.15, 0.2) is 54.5 Å². The molecule has 0 fully saturated rings. The first kappa shape index (κ1) is 52.3. The van der Waals surface area contributed by atoms with Crippen LogP contribution in [0.2, 0.25) is 0 Å². The van der Waals surface area contributed by atoms with Crippen LogP contribution in [-0.4, -0.2) is 90.2 Å². The summed E-state index contributed by atoms with van der Waals surface area (Å²) in [7, 11) is 1.92. The molecule has 8 rings (SSSR count). The zero-order chi connectivity index (χ0) is 50.3. The zero-order valence-corrected chi connectivity index (χ0v) is 41.6. The second kappa shape index (κ2) is 24.4. The zero-order valence-electron chi connectivity index (χ0n) is 39.2. The Morgan fingerprint density at radius 2 is 1.13 bits per heavy atom. The SMILES string of the molecule is CCc1sc(Nc2nc(NCc3ccc(OC)c(OC)c3)c3c(ncn3CC)n2)nc1C.CCc1sc(Nc2nc(NCc3ccc(S(C)(=O)=O)cc3)c3c(ncn3C)n2)nc1C.O=C=O.O=C=O. The van der Waals surface area contributed by atoms with Crippen LogP contribution in [0.25, 0.3) is 22.3 Å². The Morgan fingerprint density at radius 1 is 0.652 bits per heavy atom. The molecule has 0 spiro atoms. The van der Waals surface area contributed by atoms with Crippen LogP contribution < -0.4 is 30.7 Å². The molecule has 0 atom stereocenters. The molecular weight excluding hydrogens is 949 g/mol. The molecule has 2 aromatic carbocycles. The van der Waals surface area contributed by atoms with Gasteiger partial charge in [0.05, 0.1) is 43.2 Å². The predicted molar refractivity (Wildman–Crippen MR) is 260 cm³/mol. The Balaban J connectivity index is 0.000000231. The number of aryl methyl sites for hydroxylation is 6. The van der Waals surface area contributed by atoms with E-state index in [-0.39, 0.29) is 12.3 Å². The summed E-state index contributed by atoms with van der Waals surface area (Å²) >= 11 is 3.21. The Hall–Kier alpha value is -7.69. The molecule has 0 unspecified atom stereocenters. The number of hydrogen-bond acceptors (Lipinski definition) is 22. The molecule has 0 aliphatic rings. The number of aromatic nitrogens is 10. The quantitative estimate of drug-likeness (QED) is 0.0771. The van der Waals surface area contributed by atoms with Gasteiger partial charge in [-0.2, -0.15) is 39.1 Å². The molecular formula is C44H50N14O8S3. The van der Waals surface area contributed by atoms with Crippen molar-refractivity contribution >= 4 is 101 Å². The number of imidazole rings is 2. The summed E-state index contributed by atoms with van der Waals surface area (Å²) in [6.45, 7) is 12.1. The van der Waals surface area contributed by atoms with Gasteiger partial charge in [-0.3, -0.25) is 10.6 Å². The summed E-state index contributed by atoms with van der Waals surface area (Å²) in [6.07, 6.45) is 7.05. The highest BCUT2D eigenvalue weighted by Gasteiger charge is 2.17. The molecule has 0 saturated carbocycles. The number of hydrogen-bond donors (Lipinski definition) is 4. The number of ether oxygens (including phenoxy) is 2. The lowest BCUT2D eigenvalue weighted by Gasteiger charge is -2.12. The molecule has 0 aliphatic carbocycles. The smallest absolute Gasteiger partial charge is 0.373 e. The summed E-state index contributed by atoms with van der Waals surface area (Å²) in [5.41, 5.74) is 6.84. The molecule has 8 aromatic rings. The van der Waals surface area contributed by atoms with Crippen molar-refractivity contribution in [3.63, 3.8) is 0 Å². The van der Waals surface area contributed by atoms with E-state index in [2.05, 4.69) is 76.9 Å². The fraction of sp³-hybridized carbons (Fsp3) is 0.318. The van der Waals surface area contributed by atoms with E-state index in [0.29, 0.717) is 64.3 Å². The van der Waals surface area contributed by atoms with Gasteiger partial charge < -0.3 is 29.2 Å². The van der Waals surface area contributed by atoms with E-state index in [1.54, 1.807) is 73.8 Å². The van der Waals surface area contributed by atoms with Gasteiger partial charge in [0, 0.05) is 42.7 Å². The Bertz CT molecular complexity index is 3180. The highest BCUT2D eigenvalue weighted by molar-refractivity contribution is 7.90. The van der Waals surface area contributed by atoms with E-state index in [0.717, 1.165) is 63.2 Å². The van der Waals surface area contributed by atoms with Crippen molar-refractivity contribution in [2.75, 3.05) is 41.7 Å². The largest absolute Gasteiger partial charge is 0.493 e.